The Morgan fingerprint density at radius 3 is 1.61 bits per heavy atom. The van der Waals surface area contributed by atoms with Crippen molar-refractivity contribution in [2.75, 3.05) is 0 Å². The molecule has 3 rings (SSSR count). The molecule has 182 valence electrons. The topological polar surface area (TPSA) is 18.5 Å². The van der Waals surface area contributed by atoms with Gasteiger partial charge in [-0.3, -0.25) is 0 Å². The highest BCUT2D eigenvalue weighted by atomic mass is 31.2. The average molecular weight is 473 g/mol. The second-order valence-corrected chi connectivity index (χ2v) is 13.7. The molecule has 2 nitrogen and oxygen atoms in total. The normalized spacial score (nSPS) is 19.2. The first kappa shape index (κ1) is 26.0. The Morgan fingerprint density at radius 1 is 0.727 bits per heavy atom. The second kappa shape index (κ2) is 8.56. The van der Waals surface area contributed by atoms with Gasteiger partial charge in [0.15, 0.2) is 0 Å². The molecular formula is C29H42FO2P. The number of halogens is 1. The van der Waals surface area contributed by atoms with Gasteiger partial charge in [-0.1, -0.05) is 107 Å². The predicted octanol–water partition coefficient (Wildman–Crippen LogP) is 9.82. The Hall–Kier alpha value is -1.60. The van der Waals surface area contributed by atoms with E-state index >= 15 is 4.20 Å². The van der Waals surface area contributed by atoms with Crippen LogP contribution in [0.15, 0.2) is 24.3 Å². The lowest BCUT2D eigenvalue weighted by Crippen LogP contribution is -2.21. The van der Waals surface area contributed by atoms with Crippen LogP contribution in [0.2, 0.25) is 0 Å². The standard InChI is InChI=1S/C29H42FO2P/c1-17(2)19-13-21-18(3)22-15-20(27(4,5)6)16-24(29(10,11)12)26(22)32-33(30)31-25(21)23(14-19)28(7,8)9/h13-18H,1-12H3. The van der Waals surface area contributed by atoms with Gasteiger partial charge in [0.25, 0.3) is 0 Å². The third-order valence-electron chi connectivity index (χ3n) is 6.67. The third-order valence-corrected chi connectivity index (χ3v) is 7.32. The van der Waals surface area contributed by atoms with Gasteiger partial charge in [0.2, 0.25) is 0 Å². The molecule has 2 atom stereocenters. The Balaban J connectivity index is 2.42. The molecule has 0 aromatic heterocycles. The molecule has 0 aliphatic carbocycles. The van der Waals surface area contributed by atoms with Gasteiger partial charge in [0, 0.05) is 28.2 Å². The van der Waals surface area contributed by atoms with Gasteiger partial charge in [-0.25, -0.2) is 0 Å². The van der Waals surface area contributed by atoms with Crippen LogP contribution < -0.4 is 9.05 Å². The lowest BCUT2D eigenvalue weighted by Gasteiger charge is -2.34. The van der Waals surface area contributed by atoms with Crippen molar-refractivity contribution in [2.45, 2.75) is 111 Å². The van der Waals surface area contributed by atoms with E-state index in [1.54, 1.807) is 0 Å². The molecule has 2 aromatic rings. The van der Waals surface area contributed by atoms with Gasteiger partial charge >= 0.3 is 8.69 Å². The number of rotatable bonds is 1. The summed E-state index contributed by atoms with van der Waals surface area (Å²) in [4.78, 5) is 0. The SMILES string of the molecule is CC(C)c1cc2c(c(C(C)(C)C)c1)OP(F)Oc1c(cc(C(C)(C)C)cc1C(C)(C)C)C2C. The summed E-state index contributed by atoms with van der Waals surface area (Å²) < 4.78 is 27.5. The first-order valence-corrected chi connectivity index (χ1v) is 13.2. The summed E-state index contributed by atoms with van der Waals surface area (Å²) in [6.07, 6.45) is 0. The lowest BCUT2D eigenvalue weighted by atomic mass is 9.75. The van der Waals surface area contributed by atoms with Gasteiger partial charge in [-0.15, -0.1) is 4.20 Å². The average Bonchev–Trinajstić information content (AvgIpc) is 2.63. The van der Waals surface area contributed by atoms with E-state index < -0.39 is 8.69 Å². The van der Waals surface area contributed by atoms with Gasteiger partial charge in [-0.05, 0) is 33.3 Å². The fourth-order valence-corrected chi connectivity index (χ4v) is 5.11. The highest BCUT2D eigenvalue weighted by Gasteiger charge is 2.36. The Labute approximate surface area is 202 Å². The predicted molar refractivity (Wildman–Crippen MR) is 140 cm³/mol. The molecule has 0 saturated carbocycles. The van der Waals surface area contributed by atoms with E-state index in [4.69, 9.17) is 9.05 Å². The molecule has 33 heavy (non-hydrogen) atoms. The van der Waals surface area contributed by atoms with Crippen molar-refractivity contribution in [2.24, 2.45) is 0 Å². The van der Waals surface area contributed by atoms with Crippen LogP contribution in [0.3, 0.4) is 0 Å². The minimum atomic E-state index is -2.62. The quantitative estimate of drug-likeness (QED) is 0.385. The molecule has 0 amide bonds. The minimum absolute atomic E-state index is 0.00176. The summed E-state index contributed by atoms with van der Waals surface area (Å²) >= 11 is 0. The number of fused-ring (bicyclic) bond motifs is 2. The van der Waals surface area contributed by atoms with E-state index in [2.05, 4.69) is 107 Å². The van der Waals surface area contributed by atoms with E-state index in [0.29, 0.717) is 17.4 Å². The molecule has 0 saturated heterocycles. The van der Waals surface area contributed by atoms with Crippen LogP contribution in [0, 0.1) is 0 Å². The van der Waals surface area contributed by atoms with Gasteiger partial charge in [0.05, 0.1) is 0 Å². The molecular weight excluding hydrogens is 430 g/mol. The van der Waals surface area contributed by atoms with Crippen LogP contribution in [-0.2, 0) is 16.2 Å². The summed E-state index contributed by atoms with van der Waals surface area (Å²) in [7, 11) is -2.62. The van der Waals surface area contributed by atoms with Crippen molar-refractivity contribution < 1.29 is 13.2 Å². The van der Waals surface area contributed by atoms with E-state index in [1.807, 2.05) is 0 Å². The molecule has 1 aliphatic heterocycles. The van der Waals surface area contributed by atoms with Crippen molar-refractivity contribution in [1.82, 2.24) is 0 Å². The molecule has 2 unspecified atom stereocenters. The third kappa shape index (κ3) is 5.24. The number of hydrogen-bond acceptors (Lipinski definition) is 2. The molecule has 0 N–H and O–H groups in total. The molecule has 0 fully saturated rings. The fraction of sp³-hybridized carbons (Fsp3) is 0.586. The van der Waals surface area contributed by atoms with Crippen LogP contribution in [0.1, 0.15) is 128 Å². The zero-order valence-corrected chi connectivity index (χ0v) is 23.5. The maximum atomic E-state index is 15.5. The smallest absolute Gasteiger partial charge is 0.414 e. The molecule has 0 spiro atoms. The van der Waals surface area contributed by atoms with Crippen molar-refractivity contribution in [3.05, 3.63) is 57.6 Å². The fourth-order valence-electron chi connectivity index (χ4n) is 4.38. The molecule has 1 heterocycles. The van der Waals surface area contributed by atoms with Crippen LogP contribution in [0.5, 0.6) is 11.5 Å². The minimum Gasteiger partial charge on any atom is -0.414 e. The van der Waals surface area contributed by atoms with Gasteiger partial charge in [0.1, 0.15) is 11.5 Å². The van der Waals surface area contributed by atoms with Crippen LogP contribution in [0.25, 0.3) is 0 Å². The Kier molecular flexibility index (Phi) is 6.75. The van der Waals surface area contributed by atoms with Crippen LogP contribution in [-0.4, -0.2) is 0 Å². The highest BCUT2D eigenvalue weighted by Crippen LogP contribution is 2.55. The highest BCUT2D eigenvalue weighted by molar-refractivity contribution is 7.42. The van der Waals surface area contributed by atoms with Crippen LogP contribution >= 0.6 is 8.69 Å². The van der Waals surface area contributed by atoms with Gasteiger partial charge in [-0.2, -0.15) is 0 Å². The molecule has 4 heteroatoms. The summed E-state index contributed by atoms with van der Waals surface area (Å²) in [6.45, 7) is 26.2. The maximum Gasteiger partial charge on any atom is 0.505 e. The monoisotopic (exact) mass is 472 g/mol. The summed E-state index contributed by atoms with van der Waals surface area (Å²) in [5, 5.41) is 0. The van der Waals surface area contributed by atoms with Crippen molar-refractivity contribution in [1.29, 1.82) is 0 Å². The molecule has 1 aliphatic rings. The van der Waals surface area contributed by atoms with Crippen molar-refractivity contribution >= 4 is 8.69 Å². The van der Waals surface area contributed by atoms with Gasteiger partial charge < -0.3 is 9.05 Å². The van der Waals surface area contributed by atoms with Crippen LogP contribution in [0.4, 0.5) is 4.20 Å². The number of hydrogen-bond donors (Lipinski definition) is 0. The van der Waals surface area contributed by atoms with Crippen molar-refractivity contribution in [3.63, 3.8) is 0 Å². The Bertz CT molecular complexity index is 1040. The maximum absolute atomic E-state index is 15.5. The Morgan fingerprint density at radius 2 is 1.18 bits per heavy atom. The first-order valence-electron chi connectivity index (χ1n) is 12.1. The molecule has 2 aromatic carbocycles. The van der Waals surface area contributed by atoms with E-state index in [-0.39, 0.29) is 22.2 Å². The van der Waals surface area contributed by atoms with Crippen molar-refractivity contribution in [3.8, 4) is 11.5 Å². The first-order chi connectivity index (χ1) is 14.9. The van der Waals surface area contributed by atoms with E-state index in [1.165, 1.54) is 11.1 Å². The molecule has 0 radical (unpaired) electrons. The molecule has 0 bridgehead atoms. The lowest BCUT2D eigenvalue weighted by molar-refractivity contribution is 0.405. The number of benzene rings is 2. The second-order valence-electron chi connectivity index (χ2n) is 13.0. The summed E-state index contributed by atoms with van der Waals surface area (Å²) in [5.74, 6) is 1.66. The van der Waals surface area contributed by atoms with E-state index in [9.17, 15) is 0 Å². The largest absolute Gasteiger partial charge is 0.505 e. The zero-order valence-electron chi connectivity index (χ0n) is 22.6. The summed E-state index contributed by atoms with van der Waals surface area (Å²) in [5.41, 5.74) is 6.24. The zero-order chi connectivity index (χ0) is 25.1. The summed E-state index contributed by atoms with van der Waals surface area (Å²) in [6, 6.07) is 8.83. The van der Waals surface area contributed by atoms with E-state index in [0.717, 1.165) is 22.3 Å².